The van der Waals surface area contributed by atoms with Crippen molar-refractivity contribution in [1.29, 1.82) is 0 Å². The SMILES string of the molecule is CN=C(NCC(c1ccc(OC)c(OC)c1)N(C)C)N1CCN(c2ccccn2)CC1.I. The molecule has 0 radical (unpaired) electrons. The smallest absolute Gasteiger partial charge is 0.193 e. The van der Waals surface area contributed by atoms with Gasteiger partial charge in [0.25, 0.3) is 0 Å². The first-order valence-corrected chi connectivity index (χ1v) is 10.6. The molecule has 1 aliphatic rings. The number of methoxy groups -OCH3 is 2. The molecule has 9 heteroatoms. The Morgan fingerprint density at radius 3 is 2.38 bits per heavy atom. The van der Waals surface area contributed by atoms with E-state index in [0.717, 1.165) is 61.6 Å². The molecule has 176 valence electrons. The van der Waals surface area contributed by atoms with E-state index in [1.807, 2.05) is 37.5 Å². The van der Waals surface area contributed by atoms with Crippen LogP contribution in [0.15, 0.2) is 47.6 Å². The van der Waals surface area contributed by atoms with Crippen molar-refractivity contribution in [2.75, 3.05) is 73.0 Å². The summed E-state index contributed by atoms with van der Waals surface area (Å²) in [5, 5.41) is 3.57. The number of hydrogen-bond acceptors (Lipinski definition) is 6. The van der Waals surface area contributed by atoms with Crippen LogP contribution in [0.25, 0.3) is 0 Å². The first kappa shape index (κ1) is 26.0. The minimum Gasteiger partial charge on any atom is -0.493 e. The fourth-order valence-electron chi connectivity index (χ4n) is 3.87. The number of likely N-dealkylation sites (N-methyl/N-ethyl adjacent to an activating group) is 1. The third-order valence-electron chi connectivity index (χ3n) is 5.63. The Balaban J connectivity index is 0.00000363. The van der Waals surface area contributed by atoms with E-state index in [1.165, 1.54) is 0 Å². The molecule has 0 aliphatic carbocycles. The molecule has 1 aromatic carbocycles. The lowest BCUT2D eigenvalue weighted by Gasteiger charge is -2.37. The molecule has 2 aromatic rings. The largest absolute Gasteiger partial charge is 0.493 e. The van der Waals surface area contributed by atoms with E-state index in [9.17, 15) is 0 Å². The molecular weight excluding hydrogens is 519 g/mol. The number of nitrogens with zero attached hydrogens (tertiary/aromatic N) is 5. The van der Waals surface area contributed by atoms with Crippen molar-refractivity contribution in [3.8, 4) is 11.5 Å². The minimum atomic E-state index is 0. The van der Waals surface area contributed by atoms with Gasteiger partial charge in [-0.05, 0) is 43.9 Å². The summed E-state index contributed by atoms with van der Waals surface area (Å²) >= 11 is 0. The van der Waals surface area contributed by atoms with Gasteiger partial charge < -0.3 is 29.5 Å². The summed E-state index contributed by atoms with van der Waals surface area (Å²) in [5.74, 6) is 3.43. The van der Waals surface area contributed by atoms with Crippen LogP contribution in [-0.4, -0.2) is 88.8 Å². The molecule has 1 unspecified atom stereocenters. The third kappa shape index (κ3) is 6.38. The van der Waals surface area contributed by atoms with E-state index < -0.39 is 0 Å². The summed E-state index contributed by atoms with van der Waals surface area (Å²) < 4.78 is 10.9. The summed E-state index contributed by atoms with van der Waals surface area (Å²) in [4.78, 5) is 15.8. The molecular formula is C23H35IN6O2. The van der Waals surface area contributed by atoms with Gasteiger partial charge in [-0.15, -0.1) is 24.0 Å². The highest BCUT2D eigenvalue weighted by Crippen LogP contribution is 2.31. The van der Waals surface area contributed by atoms with Gasteiger partial charge in [-0.2, -0.15) is 0 Å². The standard InChI is InChI=1S/C23H34N6O2.HI/c1-24-23(29-14-12-28(13-15-29)22-8-6-7-11-25-22)26-17-19(27(2)3)18-9-10-20(30-4)21(16-18)31-5;/h6-11,16,19H,12-15,17H2,1-5H3,(H,24,26);1H. The van der Waals surface area contributed by atoms with E-state index in [-0.39, 0.29) is 30.0 Å². The van der Waals surface area contributed by atoms with Crippen molar-refractivity contribution in [2.45, 2.75) is 6.04 Å². The summed E-state index contributed by atoms with van der Waals surface area (Å²) in [7, 11) is 9.32. The Bertz CT molecular complexity index is 857. The lowest BCUT2D eigenvalue weighted by molar-refractivity contribution is 0.290. The number of aromatic nitrogens is 1. The van der Waals surface area contributed by atoms with Crippen LogP contribution in [0.5, 0.6) is 11.5 Å². The lowest BCUT2D eigenvalue weighted by Crippen LogP contribution is -2.53. The van der Waals surface area contributed by atoms with E-state index >= 15 is 0 Å². The molecule has 32 heavy (non-hydrogen) atoms. The number of ether oxygens (including phenoxy) is 2. The number of benzene rings is 1. The molecule has 1 saturated heterocycles. The summed E-state index contributed by atoms with van der Waals surface area (Å²) in [6, 6.07) is 12.3. The highest BCUT2D eigenvalue weighted by molar-refractivity contribution is 14.0. The molecule has 1 atom stereocenters. The highest BCUT2D eigenvalue weighted by Gasteiger charge is 2.22. The van der Waals surface area contributed by atoms with E-state index in [0.29, 0.717) is 0 Å². The monoisotopic (exact) mass is 554 g/mol. The van der Waals surface area contributed by atoms with Crippen molar-refractivity contribution >= 4 is 35.8 Å². The number of rotatable bonds is 7. The molecule has 8 nitrogen and oxygen atoms in total. The fraction of sp³-hybridized carbons (Fsp3) is 0.478. The highest BCUT2D eigenvalue weighted by atomic mass is 127. The summed E-state index contributed by atoms with van der Waals surface area (Å²) in [6.07, 6.45) is 1.84. The second-order valence-electron chi connectivity index (χ2n) is 7.68. The normalized spacial score (nSPS) is 15.2. The predicted molar refractivity (Wildman–Crippen MR) is 141 cm³/mol. The quantitative estimate of drug-likeness (QED) is 0.321. The van der Waals surface area contributed by atoms with Gasteiger partial charge in [0.1, 0.15) is 5.82 Å². The molecule has 1 aromatic heterocycles. The summed E-state index contributed by atoms with van der Waals surface area (Å²) in [6.45, 7) is 4.38. The Kier molecular flexibility index (Phi) is 10.3. The molecule has 0 spiro atoms. The van der Waals surface area contributed by atoms with Gasteiger partial charge in [0.2, 0.25) is 0 Å². The summed E-state index contributed by atoms with van der Waals surface area (Å²) in [5.41, 5.74) is 1.16. The van der Waals surface area contributed by atoms with Crippen LogP contribution >= 0.6 is 24.0 Å². The maximum absolute atomic E-state index is 5.49. The van der Waals surface area contributed by atoms with Crippen LogP contribution in [0.4, 0.5) is 5.82 Å². The second kappa shape index (κ2) is 12.7. The lowest BCUT2D eigenvalue weighted by atomic mass is 10.1. The maximum atomic E-state index is 5.49. The molecule has 2 heterocycles. The average Bonchev–Trinajstić information content (AvgIpc) is 2.82. The Labute approximate surface area is 208 Å². The molecule has 0 amide bonds. The van der Waals surface area contributed by atoms with Crippen LogP contribution in [0.2, 0.25) is 0 Å². The van der Waals surface area contributed by atoms with Gasteiger partial charge in [-0.1, -0.05) is 12.1 Å². The van der Waals surface area contributed by atoms with Crippen LogP contribution in [0, 0.1) is 0 Å². The van der Waals surface area contributed by atoms with Crippen molar-refractivity contribution in [2.24, 2.45) is 4.99 Å². The van der Waals surface area contributed by atoms with Crippen LogP contribution in [0.3, 0.4) is 0 Å². The number of piperazine rings is 1. The molecule has 3 rings (SSSR count). The molecule has 0 saturated carbocycles. The zero-order valence-electron chi connectivity index (χ0n) is 19.6. The number of halogens is 1. The maximum Gasteiger partial charge on any atom is 0.193 e. The van der Waals surface area contributed by atoms with Gasteiger partial charge in [0.05, 0.1) is 20.3 Å². The number of aliphatic imine (C=N–C) groups is 1. The molecule has 1 N–H and O–H groups in total. The minimum absolute atomic E-state index is 0. The molecule has 1 aliphatic heterocycles. The average molecular weight is 554 g/mol. The van der Waals surface area contributed by atoms with Crippen LogP contribution < -0.4 is 19.7 Å². The van der Waals surface area contributed by atoms with Crippen molar-refractivity contribution in [3.63, 3.8) is 0 Å². The molecule has 0 bridgehead atoms. The Hall–Kier alpha value is -2.27. The van der Waals surface area contributed by atoms with Crippen molar-refractivity contribution in [3.05, 3.63) is 48.2 Å². The van der Waals surface area contributed by atoms with E-state index in [4.69, 9.17) is 9.47 Å². The third-order valence-corrected chi connectivity index (χ3v) is 5.63. The number of pyridine rings is 1. The molecule has 1 fully saturated rings. The van der Waals surface area contributed by atoms with Gasteiger partial charge in [-0.25, -0.2) is 4.98 Å². The van der Waals surface area contributed by atoms with Gasteiger partial charge >= 0.3 is 0 Å². The first-order valence-electron chi connectivity index (χ1n) is 10.6. The number of anilines is 1. The van der Waals surface area contributed by atoms with Crippen LogP contribution in [0.1, 0.15) is 11.6 Å². The first-order chi connectivity index (χ1) is 15.1. The fourth-order valence-corrected chi connectivity index (χ4v) is 3.87. The Morgan fingerprint density at radius 2 is 1.81 bits per heavy atom. The number of hydrogen-bond donors (Lipinski definition) is 1. The van der Waals surface area contributed by atoms with Gasteiger partial charge in [0, 0.05) is 46.0 Å². The topological polar surface area (TPSA) is 65.5 Å². The van der Waals surface area contributed by atoms with Gasteiger partial charge in [-0.3, -0.25) is 4.99 Å². The van der Waals surface area contributed by atoms with E-state index in [2.05, 4.69) is 56.2 Å². The second-order valence-corrected chi connectivity index (χ2v) is 7.68. The Morgan fingerprint density at radius 1 is 1.09 bits per heavy atom. The number of nitrogens with one attached hydrogen (secondary N) is 1. The number of guanidine groups is 1. The zero-order chi connectivity index (χ0) is 22.2. The zero-order valence-corrected chi connectivity index (χ0v) is 21.9. The predicted octanol–water partition coefficient (Wildman–Crippen LogP) is 2.72. The van der Waals surface area contributed by atoms with Crippen molar-refractivity contribution in [1.82, 2.24) is 20.1 Å². The van der Waals surface area contributed by atoms with Gasteiger partial charge in [0.15, 0.2) is 17.5 Å². The van der Waals surface area contributed by atoms with Crippen molar-refractivity contribution < 1.29 is 9.47 Å². The van der Waals surface area contributed by atoms with E-state index in [1.54, 1.807) is 14.2 Å². The van der Waals surface area contributed by atoms with Crippen LogP contribution in [-0.2, 0) is 0 Å².